The lowest BCUT2D eigenvalue weighted by Crippen LogP contribution is -2.42. The minimum absolute atomic E-state index is 0.00244. The Kier molecular flexibility index (Phi) is 5.69. The lowest BCUT2D eigenvalue weighted by atomic mass is 9.98. The third-order valence-corrected chi connectivity index (χ3v) is 6.21. The van der Waals surface area contributed by atoms with Crippen molar-refractivity contribution in [2.75, 3.05) is 10.8 Å². The fourth-order valence-corrected chi connectivity index (χ4v) is 4.77. The van der Waals surface area contributed by atoms with E-state index in [1.807, 2.05) is 0 Å². The number of halogens is 1. The first-order chi connectivity index (χ1) is 13.5. The monoisotopic (exact) mass is 421 g/mol. The molecule has 1 atom stereocenters. The molecule has 0 saturated carbocycles. The van der Waals surface area contributed by atoms with Gasteiger partial charge in [0.2, 0.25) is 0 Å². The molecule has 0 aliphatic carbocycles. The van der Waals surface area contributed by atoms with Crippen LogP contribution < -0.4 is 4.31 Å². The van der Waals surface area contributed by atoms with Crippen molar-refractivity contribution in [1.82, 2.24) is 0 Å². The first-order valence-corrected chi connectivity index (χ1v) is 10.7. The van der Waals surface area contributed by atoms with E-state index in [2.05, 4.69) is 0 Å². The summed E-state index contributed by atoms with van der Waals surface area (Å²) in [4.78, 5) is 12.1. The first-order valence-electron chi connectivity index (χ1n) is 9.26. The first kappa shape index (κ1) is 21.3. The zero-order valence-corrected chi connectivity index (χ0v) is 17.4. The summed E-state index contributed by atoms with van der Waals surface area (Å²) < 4.78 is 45.9. The summed E-state index contributed by atoms with van der Waals surface area (Å²) in [5, 5.41) is 10.2. The third kappa shape index (κ3) is 4.94. The van der Waals surface area contributed by atoms with Crippen molar-refractivity contribution >= 4 is 21.7 Å². The molecule has 0 bridgehead atoms. The minimum atomic E-state index is -4.01. The maximum absolute atomic E-state index is 13.2. The topological polar surface area (TPSA) is 83.9 Å². The molecule has 1 N–H and O–H groups in total. The maximum Gasteiger partial charge on any atom is 0.310 e. The Hall–Kier alpha value is -2.45. The van der Waals surface area contributed by atoms with E-state index in [0.29, 0.717) is 23.2 Å². The van der Waals surface area contributed by atoms with Crippen LogP contribution >= 0.6 is 0 Å². The zero-order valence-electron chi connectivity index (χ0n) is 16.6. The van der Waals surface area contributed by atoms with Gasteiger partial charge < -0.3 is 9.84 Å². The van der Waals surface area contributed by atoms with Crippen molar-refractivity contribution in [2.24, 2.45) is 0 Å². The van der Waals surface area contributed by atoms with Crippen LogP contribution in [0, 0.1) is 5.82 Å². The van der Waals surface area contributed by atoms with Crippen LogP contribution in [0.4, 0.5) is 10.1 Å². The van der Waals surface area contributed by atoms with Crippen molar-refractivity contribution in [2.45, 2.75) is 50.2 Å². The molecule has 1 unspecified atom stereocenters. The predicted octanol–water partition coefficient (Wildman–Crippen LogP) is 2.82. The number of hydrogen-bond acceptors (Lipinski definition) is 5. The van der Waals surface area contributed by atoms with Gasteiger partial charge >= 0.3 is 5.97 Å². The number of carbonyl (C=O) groups is 1. The fourth-order valence-electron chi connectivity index (χ4n) is 3.24. The second-order valence-corrected chi connectivity index (χ2v) is 9.94. The molecular weight excluding hydrogens is 397 g/mol. The van der Waals surface area contributed by atoms with Gasteiger partial charge in [0, 0.05) is 6.42 Å². The number of β-amino-alcohol motifs (C(OH)–C–C–N with tert-alkyl or cyclic N) is 1. The summed E-state index contributed by atoms with van der Waals surface area (Å²) in [6.07, 6.45) is -0.566. The number of aliphatic hydroxyl groups is 1. The molecule has 8 heteroatoms. The van der Waals surface area contributed by atoms with E-state index >= 15 is 0 Å². The highest BCUT2D eigenvalue weighted by Gasteiger charge is 2.33. The molecular formula is C21H24FNO5S. The number of carbonyl (C=O) groups excluding carboxylic acids is 1. The van der Waals surface area contributed by atoms with Crippen molar-refractivity contribution in [3.05, 3.63) is 59.4 Å². The number of esters is 1. The number of hydrogen-bond donors (Lipinski definition) is 1. The molecule has 156 valence electrons. The molecule has 0 amide bonds. The second kappa shape index (κ2) is 7.76. The molecule has 0 aromatic heterocycles. The van der Waals surface area contributed by atoms with Crippen LogP contribution in [0.15, 0.2) is 47.4 Å². The molecule has 2 aromatic carbocycles. The molecule has 29 heavy (non-hydrogen) atoms. The Balaban J connectivity index is 1.96. The summed E-state index contributed by atoms with van der Waals surface area (Å²) in [6, 6.07) is 9.60. The van der Waals surface area contributed by atoms with Crippen LogP contribution in [0.25, 0.3) is 0 Å². The number of nitrogens with zero attached hydrogens (tertiary/aromatic N) is 1. The van der Waals surface area contributed by atoms with E-state index in [4.69, 9.17) is 4.74 Å². The van der Waals surface area contributed by atoms with Crippen LogP contribution in [0.5, 0.6) is 0 Å². The van der Waals surface area contributed by atoms with Gasteiger partial charge in [0.05, 0.1) is 29.7 Å². The average molecular weight is 421 g/mol. The van der Waals surface area contributed by atoms with Gasteiger partial charge in [-0.1, -0.05) is 12.1 Å². The van der Waals surface area contributed by atoms with Crippen LogP contribution in [0.1, 0.15) is 31.9 Å². The third-order valence-electron chi connectivity index (χ3n) is 4.42. The van der Waals surface area contributed by atoms with Gasteiger partial charge in [-0.25, -0.2) is 12.8 Å². The van der Waals surface area contributed by atoms with E-state index in [1.165, 1.54) is 12.1 Å². The van der Waals surface area contributed by atoms with Gasteiger partial charge in [0.25, 0.3) is 10.0 Å². The van der Waals surface area contributed by atoms with Gasteiger partial charge in [-0.05, 0) is 62.2 Å². The molecule has 1 aliphatic rings. The molecule has 0 spiro atoms. The highest BCUT2D eigenvalue weighted by Crippen LogP contribution is 2.33. The molecule has 0 fully saturated rings. The Labute approximate surface area is 170 Å². The predicted molar refractivity (Wildman–Crippen MR) is 107 cm³/mol. The molecule has 0 saturated heterocycles. The Morgan fingerprint density at radius 1 is 1.21 bits per heavy atom. The highest BCUT2D eigenvalue weighted by molar-refractivity contribution is 7.92. The lowest BCUT2D eigenvalue weighted by Gasteiger charge is -2.33. The SMILES string of the molecule is CC(C)(C)OC(=O)Cc1ccc2c(c1)N(S(=O)(=O)c1ccc(F)cc1)CC(O)C2. The van der Waals surface area contributed by atoms with Crippen molar-refractivity contribution in [3.8, 4) is 0 Å². The van der Waals surface area contributed by atoms with Crippen LogP contribution in [-0.2, 0) is 32.4 Å². The number of aliphatic hydroxyl groups excluding tert-OH is 1. The van der Waals surface area contributed by atoms with Crippen molar-refractivity contribution < 1.29 is 27.4 Å². The number of rotatable bonds is 4. The van der Waals surface area contributed by atoms with Gasteiger partial charge in [-0.15, -0.1) is 0 Å². The molecule has 6 nitrogen and oxygen atoms in total. The molecule has 2 aromatic rings. The average Bonchev–Trinajstić information content (AvgIpc) is 2.60. The molecule has 1 heterocycles. The van der Waals surface area contributed by atoms with Crippen molar-refractivity contribution in [3.63, 3.8) is 0 Å². The lowest BCUT2D eigenvalue weighted by molar-refractivity contribution is -0.153. The van der Waals surface area contributed by atoms with Crippen LogP contribution in [0.3, 0.4) is 0 Å². The summed E-state index contributed by atoms with van der Waals surface area (Å²) in [5.74, 6) is -0.955. The molecule has 3 rings (SSSR count). The van der Waals surface area contributed by atoms with Gasteiger partial charge in [-0.2, -0.15) is 0 Å². The minimum Gasteiger partial charge on any atom is -0.460 e. The van der Waals surface area contributed by atoms with Crippen LogP contribution in [0.2, 0.25) is 0 Å². The zero-order chi connectivity index (χ0) is 21.4. The normalized spacial score (nSPS) is 17.0. The summed E-state index contributed by atoms with van der Waals surface area (Å²) in [7, 11) is -4.01. The van der Waals surface area contributed by atoms with E-state index in [9.17, 15) is 22.7 Å². The largest absolute Gasteiger partial charge is 0.460 e. The van der Waals surface area contributed by atoms with E-state index < -0.39 is 33.5 Å². The van der Waals surface area contributed by atoms with Crippen molar-refractivity contribution in [1.29, 1.82) is 0 Å². The Bertz CT molecular complexity index is 1010. The molecule has 1 aliphatic heterocycles. The smallest absolute Gasteiger partial charge is 0.310 e. The second-order valence-electron chi connectivity index (χ2n) is 8.07. The Morgan fingerprint density at radius 3 is 2.48 bits per heavy atom. The Morgan fingerprint density at radius 2 is 1.86 bits per heavy atom. The van der Waals surface area contributed by atoms with E-state index in [1.54, 1.807) is 39.0 Å². The maximum atomic E-state index is 13.2. The number of anilines is 1. The molecule has 0 radical (unpaired) electrons. The number of sulfonamides is 1. The van der Waals surface area contributed by atoms with Crippen LogP contribution in [-0.4, -0.2) is 37.7 Å². The summed E-state index contributed by atoms with van der Waals surface area (Å²) in [6.45, 7) is 5.20. The standard InChI is InChI=1S/C21H24FNO5S/c1-21(2,3)28-20(25)11-14-4-5-15-12-17(24)13-23(19(15)10-14)29(26,27)18-8-6-16(22)7-9-18/h4-10,17,24H,11-13H2,1-3H3. The van der Waals surface area contributed by atoms with E-state index in [-0.39, 0.29) is 17.9 Å². The number of ether oxygens (including phenoxy) is 1. The number of benzene rings is 2. The summed E-state index contributed by atoms with van der Waals surface area (Å²) >= 11 is 0. The van der Waals surface area contributed by atoms with E-state index in [0.717, 1.165) is 16.4 Å². The van der Waals surface area contributed by atoms with Gasteiger partial charge in [0.15, 0.2) is 0 Å². The van der Waals surface area contributed by atoms with Gasteiger partial charge in [0.1, 0.15) is 11.4 Å². The fraction of sp³-hybridized carbons (Fsp3) is 0.381. The highest BCUT2D eigenvalue weighted by atomic mass is 32.2. The quantitative estimate of drug-likeness (QED) is 0.768. The number of fused-ring (bicyclic) bond motifs is 1. The van der Waals surface area contributed by atoms with Gasteiger partial charge in [-0.3, -0.25) is 9.10 Å². The summed E-state index contributed by atoms with van der Waals surface area (Å²) in [5.41, 5.74) is 1.05.